The van der Waals surface area contributed by atoms with Crippen molar-refractivity contribution in [2.75, 3.05) is 0 Å². The van der Waals surface area contributed by atoms with E-state index in [4.69, 9.17) is 5.14 Å². The van der Waals surface area contributed by atoms with Gasteiger partial charge in [-0.05, 0) is 13.8 Å². The molecular formula is C6H11N3O2S2. The Bertz CT molecular complexity index is 396. The summed E-state index contributed by atoms with van der Waals surface area (Å²) >= 11 is 1.53. The number of nitrogens with two attached hydrogens (primary N) is 1. The summed E-state index contributed by atoms with van der Waals surface area (Å²) in [5, 5.41) is 5.70. The summed E-state index contributed by atoms with van der Waals surface area (Å²) in [6.45, 7) is 3.93. The zero-order chi connectivity index (χ0) is 10.1. The lowest BCUT2D eigenvalue weighted by molar-refractivity contribution is 0.582. The van der Waals surface area contributed by atoms with Crippen LogP contribution in [0.4, 0.5) is 0 Å². The SMILES string of the molecule is Cc1nc(CNS(N)(=O)=O)c(C)s1. The zero-order valence-corrected chi connectivity index (χ0v) is 9.00. The third kappa shape index (κ3) is 3.39. The number of hydrogen-bond donors (Lipinski definition) is 2. The molecule has 0 aliphatic heterocycles. The van der Waals surface area contributed by atoms with E-state index in [9.17, 15) is 8.42 Å². The lowest BCUT2D eigenvalue weighted by Gasteiger charge is -1.98. The lowest BCUT2D eigenvalue weighted by Crippen LogP contribution is -2.30. The van der Waals surface area contributed by atoms with E-state index in [1.54, 1.807) is 0 Å². The first-order valence-corrected chi connectivity index (χ1v) is 5.95. The Kier molecular flexibility index (Phi) is 3.01. The maximum atomic E-state index is 10.6. The van der Waals surface area contributed by atoms with Gasteiger partial charge < -0.3 is 0 Å². The summed E-state index contributed by atoms with van der Waals surface area (Å²) in [5.41, 5.74) is 0.733. The van der Waals surface area contributed by atoms with Crippen LogP contribution < -0.4 is 9.86 Å². The van der Waals surface area contributed by atoms with Crippen molar-refractivity contribution in [3.63, 3.8) is 0 Å². The van der Waals surface area contributed by atoms with Gasteiger partial charge in [-0.15, -0.1) is 11.3 Å². The highest BCUT2D eigenvalue weighted by Gasteiger charge is 2.07. The highest BCUT2D eigenvalue weighted by Crippen LogP contribution is 2.15. The minimum absolute atomic E-state index is 0.162. The molecule has 1 aromatic heterocycles. The molecule has 5 nitrogen and oxygen atoms in total. The average molecular weight is 221 g/mol. The van der Waals surface area contributed by atoms with Crippen LogP contribution in [0.1, 0.15) is 15.6 Å². The minimum atomic E-state index is -3.62. The number of thiazole rings is 1. The van der Waals surface area contributed by atoms with Crippen LogP contribution in [0, 0.1) is 13.8 Å². The molecule has 0 saturated carbocycles. The third-order valence-corrected chi connectivity index (χ3v) is 2.92. The molecule has 0 saturated heterocycles. The number of hydrogen-bond acceptors (Lipinski definition) is 4. The molecule has 74 valence electrons. The number of nitrogens with zero attached hydrogens (tertiary/aromatic N) is 1. The fraction of sp³-hybridized carbons (Fsp3) is 0.500. The van der Waals surface area contributed by atoms with Gasteiger partial charge in [-0.2, -0.15) is 13.1 Å². The first-order chi connectivity index (χ1) is 5.88. The van der Waals surface area contributed by atoms with Crippen molar-refractivity contribution in [3.05, 3.63) is 15.6 Å². The Morgan fingerprint density at radius 1 is 1.54 bits per heavy atom. The molecule has 0 aliphatic carbocycles. The van der Waals surface area contributed by atoms with E-state index in [0.717, 1.165) is 15.6 Å². The zero-order valence-electron chi connectivity index (χ0n) is 7.36. The number of rotatable bonds is 3. The Morgan fingerprint density at radius 2 is 2.15 bits per heavy atom. The minimum Gasteiger partial charge on any atom is -0.245 e. The van der Waals surface area contributed by atoms with Crippen molar-refractivity contribution >= 4 is 21.5 Å². The Labute approximate surface area is 81.2 Å². The molecule has 0 bridgehead atoms. The largest absolute Gasteiger partial charge is 0.274 e. The summed E-state index contributed by atoms with van der Waals surface area (Å²) in [7, 11) is -3.62. The van der Waals surface area contributed by atoms with E-state index in [-0.39, 0.29) is 6.54 Å². The Balaban J connectivity index is 2.70. The normalized spacial score (nSPS) is 11.9. The third-order valence-electron chi connectivity index (χ3n) is 1.44. The van der Waals surface area contributed by atoms with E-state index in [2.05, 4.69) is 9.71 Å². The van der Waals surface area contributed by atoms with Gasteiger partial charge in [0.1, 0.15) is 0 Å². The fourth-order valence-corrected chi connectivity index (χ4v) is 2.08. The van der Waals surface area contributed by atoms with Crippen molar-refractivity contribution in [1.29, 1.82) is 0 Å². The summed E-state index contributed by atoms with van der Waals surface area (Å²) in [4.78, 5) is 5.16. The molecule has 0 unspecified atom stereocenters. The van der Waals surface area contributed by atoms with Crippen LogP contribution in [0.5, 0.6) is 0 Å². The molecule has 1 rings (SSSR count). The first kappa shape index (κ1) is 10.6. The van der Waals surface area contributed by atoms with Gasteiger partial charge in [0, 0.05) is 4.88 Å². The van der Waals surface area contributed by atoms with Gasteiger partial charge in [0.2, 0.25) is 0 Å². The second-order valence-electron chi connectivity index (χ2n) is 2.60. The summed E-state index contributed by atoms with van der Waals surface area (Å²) < 4.78 is 23.3. The molecule has 0 fully saturated rings. The van der Waals surface area contributed by atoms with Crippen LogP contribution in [0.15, 0.2) is 0 Å². The highest BCUT2D eigenvalue weighted by molar-refractivity contribution is 7.87. The fourth-order valence-electron chi connectivity index (χ4n) is 0.905. The molecule has 0 atom stereocenters. The number of aromatic nitrogens is 1. The topological polar surface area (TPSA) is 85.1 Å². The van der Waals surface area contributed by atoms with Crippen LogP contribution in [-0.4, -0.2) is 13.4 Å². The maximum Gasteiger partial charge on any atom is 0.274 e. The molecule has 0 radical (unpaired) electrons. The van der Waals surface area contributed by atoms with Gasteiger partial charge in [0.05, 0.1) is 17.2 Å². The van der Waals surface area contributed by atoms with E-state index in [0.29, 0.717) is 0 Å². The van der Waals surface area contributed by atoms with Gasteiger partial charge in [-0.25, -0.2) is 10.1 Å². The maximum absolute atomic E-state index is 10.6. The smallest absolute Gasteiger partial charge is 0.245 e. The molecule has 0 amide bonds. The predicted octanol–water partition coefficient (Wildman–Crippen LogP) is 0.0530. The van der Waals surface area contributed by atoms with Crippen LogP contribution in [-0.2, 0) is 16.8 Å². The molecular weight excluding hydrogens is 210 g/mol. The molecule has 1 heterocycles. The Hall–Kier alpha value is -0.500. The van der Waals surface area contributed by atoms with Crippen LogP contribution in [0.3, 0.4) is 0 Å². The number of nitrogens with one attached hydrogen (secondary N) is 1. The number of aryl methyl sites for hydroxylation is 2. The molecule has 13 heavy (non-hydrogen) atoms. The Morgan fingerprint density at radius 3 is 2.54 bits per heavy atom. The van der Waals surface area contributed by atoms with Gasteiger partial charge in [-0.1, -0.05) is 0 Å². The van der Waals surface area contributed by atoms with Crippen LogP contribution in [0.2, 0.25) is 0 Å². The van der Waals surface area contributed by atoms with Gasteiger partial charge >= 0.3 is 0 Å². The quantitative estimate of drug-likeness (QED) is 0.756. The van der Waals surface area contributed by atoms with Crippen molar-refractivity contribution in [2.24, 2.45) is 5.14 Å². The highest BCUT2D eigenvalue weighted by atomic mass is 32.2. The van der Waals surface area contributed by atoms with Crippen molar-refractivity contribution in [2.45, 2.75) is 20.4 Å². The predicted molar refractivity (Wildman–Crippen MR) is 51.5 cm³/mol. The van der Waals surface area contributed by atoms with E-state index < -0.39 is 10.2 Å². The average Bonchev–Trinajstić information content (AvgIpc) is 2.24. The lowest BCUT2D eigenvalue weighted by atomic mass is 10.4. The van der Waals surface area contributed by atoms with Crippen molar-refractivity contribution in [1.82, 2.24) is 9.71 Å². The van der Waals surface area contributed by atoms with E-state index in [1.165, 1.54) is 11.3 Å². The van der Waals surface area contributed by atoms with Crippen molar-refractivity contribution in [3.8, 4) is 0 Å². The van der Waals surface area contributed by atoms with E-state index >= 15 is 0 Å². The molecule has 3 N–H and O–H groups in total. The molecule has 7 heteroatoms. The van der Waals surface area contributed by atoms with Gasteiger partial charge in [-0.3, -0.25) is 0 Å². The van der Waals surface area contributed by atoms with Gasteiger partial charge in [0.25, 0.3) is 10.2 Å². The second-order valence-corrected chi connectivity index (χ2v) is 5.39. The second kappa shape index (κ2) is 3.70. The first-order valence-electron chi connectivity index (χ1n) is 3.59. The monoisotopic (exact) mass is 221 g/mol. The molecule has 0 spiro atoms. The summed E-state index contributed by atoms with van der Waals surface area (Å²) in [5.74, 6) is 0. The van der Waals surface area contributed by atoms with E-state index in [1.807, 2.05) is 13.8 Å². The molecule has 0 aromatic carbocycles. The standard InChI is InChI=1S/C6H11N3O2S2/c1-4-6(9-5(2)12-4)3-8-13(7,10)11/h8H,3H2,1-2H3,(H2,7,10,11). The van der Waals surface area contributed by atoms with Crippen LogP contribution in [0.25, 0.3) is 0 Å². The van der Waals surface area contributed by atoms with Crippen LogP contribution >= 0.6 is 11.3 Å². The molecule has 0 aliphatic rings. The summed E-state index contributed by atoms with van der Waals surface area (Å²) in [6.07, 6.45) is 0. The molecule has 1 aromatic rings. The summed E-state index contributed by atoms with van der Waals surface area (Å²) in [6, 6.07) is 0. The van der Waals surface area contributed by atoms with Gasteiger partial charge in [0.15, 0.2) is 0 Å². The van der Waals surface area contributed by atoms with Crippen molar-refractivity contribution < 1.29 is 8.42 Å².